The Morgan fingerprint density at radius 3 is 2.11 bits per heavy atom. The van der Waals surface area contributed by atoms with Crippen molar-refractivity contribution in [1.82, 2.24) is 0 Å². The van der Waals surface area contributed by atoms with Gasteiger partial charge in [0.2, 0.25) is 0 Å². The number of benzene rings is 1. The normalized spacial score (nSPS) is 26.9. The van der Waals surface area contributed by atoms with Crippen molar-refractivity contribution in [3.05, 3.63) is 35.9 Å². The van der Waals surface area contributed by atoms with E-state index in [2.05, 4.69) is 0 Å². The third kappa shape index (κ3) is 3.33. The second-order valence-electron chi connectivity index (χ2n) is 4.51. The zero-order valence-corrected chi connectivity index (χ0v) is 11.1. The lowest BCUT2D eigenvalue weighted by Gasteiger charge is -2.35. The van der Waals surface area contributed by atoms with E-state index in [-0.39, 0.29) is 5.92 Å². The van der Waals surface area contributed by atoms with Gasteiger partial charge in [-0.25, -0.2) is 0 Å². The maximum Gasteiger partial charge on any atom is 0.306 e. The van der Waals surface area contributed by atoms with Crippen LogP contribution >= 0.6 is 0 Å². The molecule has 0 atom stereocenters. The third-order valence-electron chi connectivity index (χ3n) is 3.47. The number of aliphatic carboxylic acids is 1. The highest BCUT2D eigenvalue weighted by molar-refractivity contribution is 5.70. The molecule has 0 saturated heterocycles. The molecule has 1 aliphatic rings. The van der Waals surface area contributed by atoms with E-state index in [4.69, 9.17) is 5.11 Å². The van der Waals surface area contributed by atoms with Gasteiger partial charge in [0.1, 0.15) is 0 Å². The Hall–Kier alpha value is -1.35. The fourth-order valence-corrected chi connectivity index (χ4v) is 2.38. The molecule has 0 aromatic heterocycles. The summed E-state index contributed by atoms with van der Waals surface area (Å²) in [7, 11) is 0. The van der Waals surface area contributed by atoms with E-state index in [1.54, 1.807) is 0 Å². The van der Waals surface area contributed by atoms with Crippen molar-refractivity contribution >= 4 is 5.97 Å². The maximum atomic E-state index is 10.8. The van der Waals surface area contributed by atoms with E-state index >= 15 is 0 Å². The molecule has 1 saturated carbocycles. The topological polar surface area (TPSA) is 57.5 Å². The maximum absolute atomic E-state index is 10.8. The van der Waals surface area contributed by atoms with Crippen molar-refractivity contribution in [3.63, 3.8) is 0 Å². The molecule has 3 nitrogen and oxygen atoms in total. The molecule has 0 bridgehead atoms. The minimum Gasteiger partial charge on any atom is -0.481 e. The van der Waals surface area contributed by atoms with Gasteiger partial charge in [-0.3, -0.25) is 4.79 Å². The lowest BCUT2D eigenvalue weighted by Crippen LogP contribution is -2.33. The third-order valence-corrected chi connectivity index (χ3v) is 3.47. The predicted octanol–water partition coefficient (Wildman–Crippen LogP) is 3.18. The summed E-state index contributed by atoms with van der Waals surface area (Å²) in [6, 6.07) is 9.52. The summed E-state index contributed by atoms with van der Waals surface area (Å²) in [6.07, 6.45) is 2.18. The standard InChI is InChI=1S/C13H16O3.C2H6/c14-12(15)10-6-8-13(16,9-7-10)11-4-2-1-3-5-11;1-2/h1-5,10,16H,6-9H2,(H,14,15);1-2H3. The molecule has 0 amide bonds. The Kier molecular flexibility index (Phi) is 5.35. The summed E-state index contributed by atoms with van der Waals surface area (Å²) in [6.45, 7) is 4.00. The van der Waals surface area contributed by atoms with Crippen LogP contribution in [0.3, 0.4) is 0 Å². The minimum absolute atomic E-state index is 0.288. The van der Waals surface area contributed by atoms with Gasteiger partial charge < -0.3 is 10.2 Å². The van der Waals surface area contributed by atoms with Gasteiger partial charge in [-0.1, -0.05) is 44.2 Å². The fraction of sp³-hybridized carbons (Fsp3) is 0.533. The Bertz CT molecular complexity index is 365. The molecule has 0 spiro atoms. The molecular weight excluding hydrogens is 228 g/mol. The molecule has 1 aromatic rings. The molecule has 100 valence electrons. The van der Waals surface area contributed by atoms with Crippen molar-refractivity contribution < 1.29 is 15.0 Å². The summed E-state index contributed by atoms with van der Waals surface area (Å²) >= 11 is 0. The summed E-state index contributed by atoms with van der Waals surface area (Å²) in [4.78, 5) is 10.8. The molecule has 1 aliphatic carbocycles. The number of aliphatic hydroxyl groups is 1. The molecule has 18 heavy (non-hydrogen) atoms. The molecule has 0 heterocycles. The Balaban J connectivity index is 0.000000771. The van der Waals surface area contributed by atoms with Crippen LogP contribution < -0.4 is 0 Å². The molecule has 2 rings (SSSR count). The van der Waals surface area contributed by atoms with Crippen LogP contribution in [0.5, 0.6) is 0 Å². The SMILES string of the molecule is CC.O=C(O)C1CCC(O)(c2ccccc2)CC1. The molecule has 0 aliphatic heterocycles. The summed E-state index contributed by atoms with van der Waals surface area (Å²) in [5.41, 5.74) is 0.0755. The Labute approximate surface area is 108 Å². The van der Waals surface area contributed by atoms with Gasteiger partial charge in [0, 0.05) is 0 Å². The number of carbonyl (C=O) groups is 1. The Morgan fingerprint density at radius 2 is 1.67 bits per heavy atom. The molecule has 1 fully saturated rings. The van der Waals surface area contributed by atoms with E-state index in [1.807, 2.05) is 44.2 Å². The van der Waals surface area contributed by atoms with Gasteiger partial charge in [0.25, 0.3) is 0 Å². The van der Waals surface area contributed by atoms with Crippen LogP contribution in [-0.2, 0) is 10.4 Å². The van der Waals surface area contributed by atoms with Crippen LogP contribution in [0.25, 0.3) is 0 Å². The largest absolute Gasteiger partial charge is 0.481 e. The highest BCUT2D eigenvalue weighted by Crippen LogP contribution is 2.39. The first-order chi connectivity index (χ1) is 8.62. The van der Waals surface area contributed by atoms with E-state index in [0.717, 1.165) is 5.56 Å². The van der Waals surface area contributed by atoms with E-state index in [1.165, 1.54) is 0 Å². The zero-order chi connectivity index (χ0) is 13.6. The van der Waals surface area contributed by atoms with Crippen molar-refractivity contribution in [2.24, 2.45) is 5.92 Å². The first-order valence-electron chi connectivity index (χ1n) is 6.62. The van der Waals surface area contributed by atoms with E-state index in [0.29, 0.717) is 25.7 Å². The fourth-order valence-electron chi connectivity index (χ4n) is 2.38. The molecule has 0 radical (unpaired) electrons. The zero-order valence-electron chi connectivity index (χ0n) is 11.1. The average Bonchev–Trinajstić information content (AvgIpc) is 2.42. The molecule has 2 N–H and O–H groups in total. The van der Waals surface area contributed by atoms with Gasteiger partial charge in [-0.05, 0) is 31.2 Å². The van der Waals surface area contributed by atoms with Gasteiger partial charge in [0.05, 0.1) is 11.5 Å². The molecule has 0 unspecified atom stereocenters. The monoisotopic (exact) mass is 250 g/mol. The minimum atomic E-state index is -0.826. The first kappa shape index (κ1) is 14.7. The second-order valence-corrected chi connectivity index (χ2v) is 4.51. The van der Waals surface area contributed by atoms with Crippen molar-refractivity contribution in [2.45, 2.75) is 45.1 Å². The van der Waals surface area contributed by atoms with Gasteiger partial charge >= 0.3 is 5.97 Å². The Morgan fingerprint density at radius 1 is 1.17 bits per heavy atom. The number of rotatable bonds is 2. The lowest BCUT2D eigenvalue weighted by molar-refractivity contribution is -0.145. The van der Waals surface area contributed by atoms with E-state index < -0.39 is 11.6 Å². The quantitative estimate of drug-likeness (QED) is 0.847. The van der Waals surface area contributed by atoms with Crippen LogP contribution in [0.15, 0.2) is 30.3 Å². The summed E-state index contributed by atoms with van der Waals surface area (Å²) in [5.74, 6) is -1.03. The molecular formula is C15H22O3. The highest BCUT2D eigenvalue weighted by atomic mass is 16.4. The summed E-state index contributed by atoms with van der Waals surface area (Å²) in [5, 5.41) is 19.3. The number of carboxylic acids is 1. The smallest absolute Gasteiger partial charge is 0.306 e. The highest BCUT2D eigenvalue weighted by Gasteiger charge is 2.36. The number of carboxylic acid groups (broad SMARTS) is 1. The van der Waals surface area contributed by atoms with Gasteiger partial charge in [-0.15, -0.1) is 0 Å². The molecule has 1 aromatic carbocycles. The second kappa shape index (κ2) is 6.55. The van der Waals surface area contributed by atoms with Crippen molar-refractivity contribution in [2.75, 3.05) is 0 Å². The van der Waals surface area contributed by atoms with Crippen LogP contribution in [-0.4, -0.2) is 16.2 Å². The van der Waals surface area contributed by atoms with Crippen molar-refractivity contribution in [3.8, 4) is 0 Å². The number of hydrogen-bond donors (Lipinski definition) is 2. The number of hydrogen-bond acceptors (Lipinski definition) is 2. The first-order valence-corrected chi connectivity index (χ1v) is 6.62. The predicted molar refractivity (Wildman–Crippen MR) is 71.3 cm³/mol. The van der Waals surface area contributed by atoms with Crippen LogP contribution in [0.1, 0.15) is 45.1 Å². The van der Waals surface area contributed by atoms with Crippen LogP contribution in [0, 0.1) is 5.92 Å². The van der Waals surface area contributed by atoms with Gasteiger partial charge in [0.15, 0.2) is 0 Å². The average molecular weight is 250 g/mol. The van der Waals surface area contributed by atoms with Gasteiger partial charge in [-0.2, -0.15) is 0 Å². The van der Waals surface area contributed by atoms with E-state index in [9.17, 15) is 9.90 Å². The van der Waals surface area contributed by atoms with Crippen LogP contribution in [0.4, 0.5) is 0 Å². The van der Waals surface area contributed by atoms with Crippen LogP contribution in [0.2, 0.25) is 0 Å². The van der Waals surface area contributed by atoms with Crippen molar-refractivity contribution in [1.29, 1.82) is 0 Å². The summed E-state index contributed by atoms with van der Waals surface area (Å²) < 4.78 is 0. The lowest BCUT2D eigenvalue weighted by atomic mass is 9.75. The molecule has 3 heteroatoms.